The molecule has 3 aliphatic carbocycles. The van der Waals surface area contributed by atoms with Gasteiger partial charge in [0, 0.05) is 22.6 Å². The normalized spacial score (nSPS) is 29.7. The summed E-state index contributed by atoms with van der Waals surface area (Å²) < 4.78 is 15.4. The average Bonchev–Trinajstić information content (AvgIpc) is 3.44. The molecule has 1 aromatic heterocycles. The molecule has 3 aliphatic rings. The topological polar surface area (TPSA) is 12.9 Å². The Morgan fingerprint density at radius 2 is 2.10 bits per heavy atom. The van der Waals surface area contributed by atoms with Crippen LogP contribution in [0.4, 0.5) is 4.39 Å². The first-order chi connectivity index (χ1) is 14.0. The minimum atomic E-state index is -0.385. The fraction of sp³-hybridized carbons (Fsp3) is 0.370. The van der Waals surface area contributed by atoms with Crippen LogP contribution in [-0.2, 0) is 5.41 Å². The zero-order chi connectivity index (χ0) is 20.4. The number of benzene rings is 1. The molecule has 3 atom stereocenters. The van der Waals surface area contributed by atoms with Crippen LogP contribution >= 0.6 is 0 Å². The largest absolute Gasteiger partial charge is 0.256 e. The molecule has 0 bridgehead atoms. The molecule has 0 spiro atoms. The molecule has 0 radical (unpaired) electrons. The van der Waals surface area contributed by atoms with Gasteiger partial charge in [-0.05, 0) is 58.8 Å². The van der Waals surface area contributed by atoms with E-state index < -0.39 is 0 Å². The van der Waals surface area contributed by atoms with Crippen molar-refractivity contribution in [2.75, 3.05) is 0 Å². The summed E-state index contributed by atoms with van der Waals surface area (Å²) in [6.07, 6.45) is 13.0. The maximum atomic E-state index is 15.4. The minimum Gasteiger partial charge on any atom is -0.256 e. The van der Waals surface area contributed by atoms with Crippen LogP contribution in [0.2, 0.25) is 0 Å². The van der Waals surface area contributed by atoms with Crippen molar-refractivity contribution in [2.45, 2.75) is 45.4 Å². The molecule has 0 saturated heterocycles. The maximum absolute atomic E-state index is 15.4. The van der Waals surface area contributed by atoms with Gasteiger partial charge >= 0.3 is 0 Å². The third-order valence-corrected chi connectivity index (χ3v) is 7.62. The van der Waals surface area contributed by atoms with E-state index in [-0.39, 0.29) is 22.6 Å². The van der Waals surface area contributed by atoms with Gasteiger partial charge in [-0.1, -0.05) is 70.2 Å². The number of hydrogen-bond donors (Lipinski definition) is 0. The highest BCUT2D eigenvalue weighted by atomic mass is 19.1. The van der Waals surface area contributed by atoms with Gasteiger partial charge in [0.2, 0.25) is 0 Å². The number of nitrogens with zero attached hydrogens (tertiary/aromatic N) is 1. The standard InChI is InChI=1S/C27H28FN/c1-5-7-14-27(16-18(27)6-2)20-11-12-21(28)24-23(20)25-22-17(13-15-29-25)9-8-10-19(22)26(24,3)4/h5,7-10,12-15,18,20H,1,6,11,16H2,2-4H3. The zero-order valence-corrected chi connectivity index (χ0v) is 17.5. The number of hydrogen-bond acceptors (Lipinski definition) is 1. The van der Waals surface area contributed by atoms with Crippen LogP contribution < -0.4 is 0 Å². The summed E-state index contributed by atoms with van der Waals surface area (Å²) in [5, 5.41) is 2.40. The van der Waals surface area contributed by atoms with E-state index in [0.717, 1.165) is 36.1 Å². The van der Waals surface area contributed by atoms with E-state index in [9.17, 15) is 0 Å². The van der Waals surface area contributed by atoms with Gasteiger partial charge in [0.1, 0.15) is 5.83 Å². The van der Waals surface area contributed by atoms with Gasteiger partial charge in [-0.25, -0.2) is 4.39 Å². The van der Waals surface area contributed by atoms with Crippen LogP contribution in [0.25, 0.3) is 16.3 Å². The molecule has 1 fully saturated rings. The van der Waals surface area contributed by atoms with E-state index in [2.05, 4.69) is 63.8 Å². The zero-order valence-electron chi connectivity index (χ0n) is 17.5. The van der Waals surface area contributed by atoms with Gasteiger partial charge in [-0.3, -0.25) is 4.98 Å². The first-order valence-corrected chi connectivity index (χ1v) is 10.7. The first kappa shape index (κ1) is 18.5. The van der Waals surface area contributed by atoms with E-state index >= 15 is 4.39 Å². The molecule has 1 saturated carbocycles. The SMILES string of the molecule is C=CC=CC1(C2CC=C(F)C3=C2c2nccc4cccc(c24)C3(C)C)CC1CC. The lowest BCUT2D eigenvalue weighted by Gasteiger charge is -2.42. The smallest absolute Gasteiger partial charge is 0.123 e. The Kier molecular flexibility index (Phi) is 4.00. The highest BCUT2D eigenvalue weighted by molar-refractivity contribution is 6.00. The van der Waals surface area contributed by atoms with Crippen molar-refractivity contribution < 1.29 is 4.39 Å². The second kappa shape index (κ2) is 6.26. The second-order valence-electron chi connectivity index (χ2n) is 9.33. The summed E-state index contributed by atoms with van der Waals surface area (Å²) >= 11 is 0. The molecule has 1 heterocycles. The summed E-state index contributed by atoms with van der Waals surface area (Å²) in [6.45, 7) is 10.5. The molecule has 0 amide bonds. The number of halogens is 1. The van der Waals surface area contributed by atoms with Crippen molar-refractivity contribution in [1.82, 2.24) is 4.98 Å². The third-order valence-electron chi connectivity index (χ3n) is 7.62. The number of pyridine rings is 1. The number of aromatic nitrogens is 1. The summed E-state index contributed by atoms with van der Waals surface area (Å²) in [6, 6.07) is 8.45. The van der Waals surface area contributed by atoms with Crippen LogP contribution in [0.3, 0.4) is 0 Å². The van der Waals surface area contributed by atoms with E-state index in [1.807, 2.05) is 18.3 Å². The molecule has 5 rings (SSSR count). The van der Waals surface area contributed by atoms with E-state index in [1.54, 1.807) is 0 Å². The Bertz CT molecular complexity index is 1110. The van der Waals surface area contributed by atoms with Crippen LogP contribution in [-0.4, -0.2) is 4.98 Å². The van der Waals surface area contributed by atoms with Gasteiger partial charge in [0.15, 0.2) is 0 Å². The van der Waals surface area contributed by atoms with Crippen molar-refractivity contribution in [2.24, 2.45) is 17.3 Å². The third kappa shape index (κ3) is 2.41. The molecule has 148 valence electrons. The lowest BCUT2D eigenvalue weighted by atomic mass is 9.62. The number of rotatable bonds is 4. The Balaban J connectivity index is 1.81. The van der Waals surface area contributed by atoms with Crippen LogP contribution in [0, 0.1) is 17.3 Å². The van der Waals surface area contributed by atoms with E-state index in [0.29, 0.717) is 5.92 Å². The molecule has 0 N–H and O–H groups in total. The average molecular weight is 386 g/mol. The molecule has 3 unspecified atom stereocenters. The van der Waals surface area contributed by atoms with Crippen molar-refractivity contribution in [3.05, 3.63) is 84.0 Å². The molecule has 1 aromatic carbocycles. The summed E-state index contributed by atoms with van der Waals surface area (Å²) in [5.74, 6) is 0.821. The first-order valence-electron chi connectivity index (χ1n) is 10.7. The lowest BCUT2D eigenvalue weighted by Crippen LogP contribution is -2.32. The van der Waals surface area contributed by atoms with Gasteiger partial charge in [-0.2, -0.15) is 0 Å². The minimum absolute atomic E-state index is 0.0638. The summed E-state index contributed by atoms with van der Waals surface area (Å²) in [5.41, 5.74) is 3.86. The Labute approximate surface area is 172 Å². The van der Waals surface area contributed by atoms with Gasteiger partial charge in [-0.15, -0.1) is 0 Å². The number of fused-ring (bicyclic) bond motifs is 1. The lowest BCUT2D eigenvalue weighted by molar-refractivity contribution is 0.405. The maximum Gasteiger partial charge on any atom is 0.123 e. The van der Waals surface area contributed by atoms with Crippen LogP contribution in [0.5, 0.6) is 0 Å². The molecule has 29 heavy (non-hydrogen) atoms. The fourth-order valence-electron chi connectivity index (χ4n) is 6.13. The monoisotopic (exact) mass is 385 g/mol. The number of allylic oxidation sites excluding steroid dienone is 7. The van der Waals surface area contributed by atoms with Crippen LogP contribution in [0.1, 0.15) is 51.3 Å². The Morgan fingerprint density at radius 3 is 2.83 bits per heavy atom. The Hall–Kier alpha value is -2.48. The molecular formula is C27H28FN. The van der Waals surface area contributed by atoms with Crippen molar-refractivity contribution in [3.63, 3.8) is 0 Å². The van der Waals surface area contributed by atoms with Crippen molar-refractivity contribution in [3.8, 4) is 0 Å². The molecule has 2 aromatic rings. The van der Waals surface area contributed by atoms with E-state index in [1.165, 1.54) is 16.3 Å². The molecule has 0 aliphatic heterocycles. The van der Waals surface area contributed by atoms with Gasteiger partial charge in [0.25, 0.3) is 0 Å². The van der Waals surface area contributed by atoms with Gasteiger partial charge < -0.3 is 0 Å². The predicted octanol–water partition coefficient (Wildman–Crippen LogP) is 7.31. The summed E-state index contributed by atoms with van der Waals surface area (Å²) in [4.78, 5) is 4.85. The van der Waals surface area contributed by atoms with Crippen molar-refractivity contribution in [1.29, 1.82) is 0 Å². The quantitative estimate of drug-likeness (QED) is 0.503. The second-order valence-corrected chi connectivity index (χ2v) is 9.33. The molecule has 2 heteroatoms. The predicted molar refractivity (Wildman–Crippen MR) is 119 cm³/mol. The highest BCUT2D eigenvalue weighted by Gasteiger charge is 2.58. The Morgan fingerprint density at radius 1 is 1.28 bits per heavy atom. The van der Waals surface area contributed by atoms with E-state index in [4.69, 9.17) is 4.98 Å². The van der Waals surface area contributed by atoms with Crippen LogP contribution in [0.15, 0.2) is 72.7 Å². The van der Waals surface area contributed by atoms with Crippen molar-refractivity contribution >= 4 is 16.3 Å². The summed E-state index contributed by atoms with van der Waals surface area (Å²) in [7, 11) is 0. The molecular weight excluding hydrogens is 357 g/mol. The highest BCUT2D eigenvalue weighted by Crippen LogP contribution is 2.67. The van der Waals surface area contributed by atoms with Gasteiger partial charge in [0.05, 0.1) is 5.69 Å². The molecule has 1 nitrogen and oxygen atoms in total. The fourth-order valence-corrected chi connectivity index (χ4v) is 6.13.